The number of aromatic nitrogens is 2. The highest BCUT2D eigenvalue weighted by molar-refractivity contribution is 5.92. The third kappa shape index (κ3) is 3.78. The van der Waals surface area contributed by atoms with Gasteiger partial charge < -0.3 is 10.3 Å². The Morgan fingerprint density at radius 1 is 1.14 bits per heavy atom. The average molecular weight is 285 g/mol. The van der Waals surface area contributed by atoms with Crippen molar-refractivity contribution in [3.8, 4) is 0 Å². The third-order valence-corrected chi connectivity index (χ3v) is 3.18. The van der Waals surface area contributed by atoms with E-state index in [2.05, 4.69) is 15.3 Å². The second kappa shape index (κ2) is 5.91. The van der Waals surface area contributed by atoms with Crippen LogP contribution in [0.1, 0.15) is 28.2 Å². The molecule has 110 valence electrons. The smallest absolute Gasteiger partial charge is 0.254 e. The van der Waals surface area contributed by atoms with Crippen LogP contribution in [-0.4, -0.2) is 15.9 Å². The van der Waals surface area contributed by atoms with Crippen molar-refractivity contribution >= 4 is 11.6 Å². The lowest BCUT2D eigenvalue weighted by Crippen LogP contribution is -2.24. The van der Waals surface area contributed by atoms with E-state index in [4.69, 9.17) is 0 Å². The monoisotopic (exact) mass is 285 g/mol. The Balaban J connectivity index is 2.17. The van der Waals surface area contributed by atoms with Crippen molar-refractivity contribution in [2.75, 3.05) is 5.32 Å². The van der Waals surface area contributed by atoms with Crippen molar-refractivity contribution in [2.45, 2.75) is 34.1 Å². The number of aromatic amines is 1. The molecule has 0 aliphatic heterocycles. The highest BCUT2D eigenvalue weighted by Gasteiger charge is 2.12. The molecule has 5 heteroatoms. The number of anilines is 1. The molecule has 0 unspecified atom stereocenters. The van der Waals surface area contributed by atoms with E-state index in [0.29, 0.717) is 17.1 Å². The molecule has 0 bridgehead atoms. The number of hydrogen-bond donors (Lipinski definition) is 2. The molecule has 0 spiro atoms. The summed E-state index contributed by atoms with van der Waals surface area (Å²) in [6, 6.07) is 5.83. The molecule has 0 atom stereocenters. The van der Waals surface area contributed by atoms with Crippen molar-refractivity contribution in [1.29, 1.82) is 0 Å². The average Bonchev–Trinajstić information content (AvgIpc) is 2.32. The maximum Gasteiger partial charge on any atom is 0.254 e. The molecule has 5 nitrogen and oxygen atoms in total. The van der Waals surface area contributed by atoms with Crippen LogP contribution in [0.4, 0.5) is 5.69 Å². The zero-order chi connectivity index (χ0) is 15.6. The molecule has 0 fully saturated rings. The van der Waals surface area contributed by atoms with Crippen molar-refractivity contribution in [2.24, 2.45) is 0 Å². The molecule has 21 heavy (non-hydrogen) atoms. The molecular formula is C16H19N3O2. The van der Waals surface area contributed by atoms with Crippen LogP contribution in [0, 0.1) is 27.7 Å². The number of aryl methyl sites for hydroxylation is 4. The summed E-state index contributed by atoms with van der Waals surface area (Å²) < 4.78 is 0. The molecule has 1 amide bonds. The van der Waals surface area contributed by atoms with E-state index in [1.807, 2.05) is 32.0 Å². The Morgan fingerprint density at radius 2 is 1.76 bits per heavy atom. The first-order chi connectivity index (χ1) is 9.85. The van der Waals surface area contributed by atoms with Crippen LogP contribution in [0.3, 0.4) is 0 Å². The van der Waals surface area contributed by atoms with Gasteiger partial charge in [-0.2, -0.15) is 0 Å². The van der Waals surface area contributed by atoms with E-state index in [-0.39, 0.29) is 17.9 Å². The first-order valence-corrected chi connectivity index (χ1v) is 6.79. The molecule has 1 aromatic heterocycles. The molecule has 0 radical (unpaired) electrons. The molecule has 2 N–H and O–H groups in total. The van der Waals surface area contributed by atoms with Crippen molar-refractivity contribution in [1.82, 2.24) is 9.97 Å². The molecule has 2 aromatic rings. The number of carbonyl (C=O) groups excluding carboxylic acids is 1. The van der Waals surface area contributed by atoms with Crippen molar-refractivity contribution < 1.29 is 4.79 Å². The van der Waals surface area contributed by atoms with E-state index in [9.17, 15) is 9.59 Å². The second-order valence-electron chi connectivity index (χ2n) is 5.32. The molecule has 1 heterocycles. The lowest BCUT2D eigenvalue weighted by atomic mass is 10.1. The highest BCUT2D eigenvalue weighted by Crippen LogP contribution is 2.14. The minimum Gasteiger partial charge on any atom is -0.326 e. The van der Waals surface area contributed by atoms with Crippen molar-refractivity contribution in [3.05, 3.63) is 56.8 Å². The number of H-pyrrole nitrogens is 1. The van der Waals surface area contributed by atoms with Gasteiger partial charge in [0.25, 0.3) is 5.56 Å². The lowest BCUT2D eigenvalue weighted by molar-refractivity contribution is -0.115. The third-order valence-electron chi connectivity index (χ3n) is 3.18. The van der Waals surface area contributed by atoms with Crippen molar-refractivity contribution in [3.63, 3.8) is 0 Å². The molecule has 2 rings (SSSR count). The standard InChI is InChI=1S/C16H19N3O2/c1-9-5-10(2)7-13(6-9)19-15(20)8-14-11(3)17-12(4)18-16(14)21/h5-7H,8H2,1-4H3,(H,19,20)(H,17,18,21). The van der Waals surface area contributed by atoms with Gasteiger partial charge in [0.05, 0.1) is 6.42 Å². The van der Waals surface area contributed by atoms with Crippen LogP contribution in [0.2, 0.25) is 0 Å². The maximum absolute atomic E-state index is 12.1. The number of amides is 1. The van der Waals surface area contributed by atoms with Gasteiger partial charge in [-0.25, -0.2) is 4.98 Å². The minimum atomic E-state index is -0.254. The number of benzene rings is 1. The first kappa shape index (κ1) is 15.0. The van der Waals surface area contributed by atoms with E-state index < -0.39 is 0 Å². The van der Waals surface area contributed by atoms with Crippen LogP contribution in [0.15, 0.2) is 23.0 Å². The maximum atomic E-state index is 12.1. The Labute approximate surface area is 123 Å². The molecule has 1 aromatic carbocycles. The summed E-state index contributed by atoms with van der Waals surface area (Å²) in [5.41, 5.74) is 3.64. The summed E-state index contributed by atoms with van der Waals surface area (Å²) in [6.45, 7) is 7.40. The molecule has 0 saturated heterocycles. The second-order valence-corrected chi connectivity index (χ2v) is 5.32. The van der Waals surface area contributed by atoms with E-state index in [1.54, 1.807) is 13.8 Å². The van der Waals surface area contributed by atoms with Gasteiger partial charge in [0.1, 0.15) is 5.82 Å². The zero-order valence-electron chi connectivity index (χ0n) is 12.7. The van der Waals surface area contributed by atoms with Crippen LogP contribution < -0.4 is 10.9 Å². The number of carbonyl (C=O) groups is 1. The van der Waals surface area contributed by atoms with Gasteiger partial charge in [0.15, 0.2) is 0 Å². The van der Waals surface area contributed by atoms with Gasteiger partial charge in [-0.1, -0.05) is 6.07 Å². The minimum absolute atomic E-state index is 0.0153. The van der Waals surface area contributed by atoms with E-state index in [1.165, 1.54) is 0 Å². The summed E-state index contributed by atoms with van der Waals surface area (Å²) in [4.78, 5) is 30.8. The Morgan fingerprint density at radius 3 is 2.33 bits per heavy atom. The van der Waals surface area contributed by atoms with Gasteiger partial charge in [-0.3, -0.25) is 9.59 Å². The number of hydrogen-bond acceptors (Lipinski definition) is 3. The quantitative estimate of drug-likeness (QED) is 0.907. The summed E-state index contributed by atoms with van der Waals surface area (Å²) in [5.74, 6) is 0.329. The molecular weight excluding hydrogens is 266 g/mol. The van der Waals surface area contributed by atoms with Gasteiger partial charge in [-0.05, 0) is 51.0 Å². The fourth-order valence-electron chi connectivity index (χ4n) is 2.37. The zero-order valence-corrected chi connectivity index (χ0v) is 12.7. The number of rotatable bonds is 3. The molecule has 0 aliphatic carbocycles. The number of nitrogens with zero attached hydrogens (tertiary/aromatic N) is 1. The van der Waals surface area contributed by atoms with Crippen LogP contribution >= 0.6 is 0 Å². The Bertz CT molecular complexity index is 727. The Hall–Kier alpha value is -2.43. The van der Waals surface area contributed by atoms with Gasteiger partial charge in [0.2, 0.25) is 5.91 Å². The number of nitrogens with one attached hydrogen (secondary N) is 2. The predicted molar refractivity (Wildman–Crippen MR) is 82.6 cm³/mol. The highest BCUT2D eigenvalue weighted by atomic mass is 16.2. The van der Waals surface area contributed by atoms with Crippen LogP contribution in [0.25, 0.3) is 0 Å². The summed E-state index contributed by atoms with van der Waals surface area (Å²) >= 11 is 0. The Kier molecular flexibility index (Phi) is 4.21. The SMILES string of the molecule is Cc1cc(C)cc(NC(=O)Cc2c(C)nc(C)[nH]c2=O)c1. The lowest BCUT2D eigenvalue weighted by Gasteiger charge is -2.08. The summed E-state index contributed by atoms with van der Waals surface area (Å²) in [6.07, 6.45) is 0.0153. The van der Waals surface area contributed by atoms with Gasteiger partial charge in [-0.15, -0.1) is 0 Å². The van der Waals surface area contributed by atoms with E-state index >= 15 is 0 Å². The normalized spacial score (nSPS) is 10.5. The largest absolute Gasteiger partial charge is 0.326 e. The summed E-state index contributed by atoms with van der Waals surface area (Å²) in [7, 11) is 0. The van der Waals surface area contributed by atoms with Crippen LogP contribution in [-0.2, 0) is 11.2 Å². The summed E-state index contributed by atoms with van der Waals surface area (Å²) in [5, 5.41) is 2.82. The fourth-order valence-corrected chi connectivity index (χ4v) is 2.37. The molecule has 0 saturated carbocycles. The van der Waals surface area contributed by atoms with E-state index in [0.717, 1.165) is 16.8 Å². The topological polar surface area (TPSA) is 74.8 Å². The predicted octanol–water partition coefficient (Wildman–Crippen LogP) is 2.18. The fraction of sp³-hybridized carbons (Fsp3) is 0.312. The van der Waals surface area contributed by atoms with Crippen LogP contribution in [0.5, 0.6) is 0 Å². The first-order valence-electron chi connectivity index (χ1n) is 6.79. The molecule has 0 aliphatic rings. The van der Waals surface area contributed by atoms with Gasteiger partial charge >= 0.3 is 0 Å². The van der Waals surface area contributed by atoms with Gasteiger partial charge in [0, 0.05) is 16.9 Å².